The maximum absolute atomic E-state index is 11.8. The second kappa shape index (κ2) is 7.25. The summed E-state index contributed by atoms with van der Waals surface area (Å²) in [5.74, 6) is -0.236. The molecule has 0 saturated carbocycles. The molecule has 0 aliphatic heterocycles. The normalized spacial score (nSPS) is 10.9. The molecule has 0 spiro atoms. The van der Waals surface area contributed by atoms with E-state index >= 15 is 0 Å². The summed E-state index contributed by atoms with van der Waals surface area (Å²) in [7, 11) is 0. The molecule has 1 N–H and O–H groups in total. The number of carboxylic acids is 1. The van der Waals surface area contributed by atoms with Gasteiger partial charge in [-0.2, -0.15) is 0 Å². The van der Waals surface area contributed by atoms with Crippen LogP contribution in [0.4, 0.5) is 0 Å². The number of rotatable bonds is 7. The van der Waals surface area contributed by atoms with Crippen LogP contribution in [-0.4, -0.2) is 35.0 Å². The van der Waals surface area contributed by atoms with Gasteiger partial charge in [0.2, 0.25) is 5.91 Å². The van der Waals surface area contributed by atoms with Crippen LogP contribution in [0.2, 0.25) is 0 Å². The van der Waals surface area contributed by atoms with Crippen LogP contribution in [0.5, 0.6) is 0 Å². The second-order valence-corrected chi connectivity index (χ2v) is 4.99. The van der Waals surface area contributed by atoms with Crippen LogP contribution in [0.3, 0.4) is 0 Å². The number of hydrogen-bond acceptors (Lipinski definition) is 2. The van der Waals surface area contributed by atoms with E-state index in [9.17, 15) is 9.59 Å². The Bertz CT molecular complexity index is 236. The van der Waals surface area contributed by atoms with Crippen molar-refractivity contribution in [2.75, 3.05) is 13.1 Å². The highest BCUT2D eigenvalue weighted by Gasteiger charge is 2.17. The number of carbonyl (C=O) groups is 2. The molecule has 4 heteroatoms. The molecule has 0 heterocycles. The quantitative estimate of drug-likeness (QED) is 0.726. The summed E-state index contributed by atoms with van der Waals surface area (Å²) in [6, 6.07) is 0. The van der Waals surface area contributed by atoms with Crippen molar-refractivity contribution in [1.82, 2.24) is 4.90 Å². The van der Waals surface area contributed by atoms with E-state index in [4.69, 9.17) is 5.11 Å². The molecule has 0 aromatic heterocycles. The SMILES string of the molecule is CC(C)CCC(=O)N(CC(=O)O)CC(C)C. The highest BCUT2D eigenvalue weighted by Crippen LogP contribution is 2.08. The highest BCUT2D eigenvalue weighted by atomic mass is 16.4. The summed E-state index contributed by atoms with van der Waals surface area (Å²) >= 11 is 0. The van der Waals surface area contributed by atoms with E-state index in [0.717, 1.165) is 6.42 Å². The monoisotopic (exact) mass is 229 g/mol. The molecule has 0 aromatic carbocycles. The molecule has 94 valence electrons. The zero-order valence-corrected chi connectivity index (χ0v) is 10.7. The van der Waals surface area contributed by atoms with Gasteiger partial charge in [0.05, 0.1) is 0 Å². The van der Waals surface area contributed by atoms with Crippen LogP contribution in [0.1, 0.15) is 40.5 Å². The third-order valence-corrected chi connectivity index (χ3v) is 2.20. The van der Waals surface area contributed by atoms with Gasteiger partial charge in [-0.15, -0.1) is 0 Å². The fraction of sp³-hybridized carbons (Fsp3) is 0.833. The predicted octanol–water partition coefficient (Wildman–Crippen LogP) is 1.99. The Hall–Kier alpha value is -1.06. The summed E-state index contributed by atoms with van der Waals surface area (Å²) in [5, 5.41) is 8.73. The lowest BCUT2D eigenvalue weighted by molar-refractivity contribution is -0.144. The summed E-state index contributed by atoms with van der Waals surface area (Å²) in [6.07, 6.45) is 1.25. The summed E-state index contributed by atoms with van der Waals surface area (Å²) in [5.41, 5.74) is 0. The van der Waals surface area contributed by atoms with Crippen molar-refractivity contribution >= 4 is 11.9 Å². The summed E-state index contributed by atoms with van der Waals surface area (Å²) < 4.78 is 0. The molecule has 0 radical (unpaired) electrons. The van der Waals surface area contributed by atoms with Gasteiger partial charge >= 0.3 is 5.97 Å². The number of carbonyl (C=O) groups excluding carboxylic acids is 1. The molecular formula is C12H23NO3. The highest BCUT2D eigenvalue weighted by molar-refractivity contribution is 5.81. The van der Waals surface area contributed by atoms with E-state index in [1.807, 2.05) is 13.8 Å². The molecule has 4 nitrogen and oxygen atoms in total. The lowest BCUT2D eigenvalue weighted by Gasteiger charge is -2.23. The Morgan fingerprint density at radius 1 is 1.12 bits per heavy atom. The van der Waals surface area contributed by atoms with Crippen molar-refractivity contribution in [3.05, 3.63) is 0 Å². The second-order valence-electron chi connectivity index (χ2n) is 4.99. The molecule has 0 bridgehead atoms. The standard InChI is InChI=1S/C12H23NO3/c1-9(2)5-6-11(14)13(7-10(3)4)8-12(15)16/h9-10H,5-8H2,1-4H3,(H,15,16). The van der Waals surface area contributed by atoms with Gasteiger partial charge in [-0.05, 0) is 18.3 Å². The van der Waals surface area contributed by atoms with Gasteiger partial charge in [-0.3, -0.25) is 9.59 Å². The molecule has 0 aromatic rings. The van der Waals surface area contributed by atoms with E-state index < -0.39 is 5.97 Å². The van der Waals surface area contributed by atoms with Gasteiger partial charge < -0.3 is 10.0 Å². The Morgan fingerprint density at radius 2 is 1.69 bits per heavy atom. The number of hydrogen-bond donors (Lipinski definition) is 1. The zero-order chi connectivity index (χ0) is 12.7. The first-order chi connectivity index (χ1) is 7.32. The van der Waals surface area contributed by atoms with Gasteiger partial charge in [0.1, 0.15) is 6.54 Å². The average molecular weight is 229 g/mol. The van der Waals surface area contributed by atoms with Crippen molar-refractivity contribution in [3.8, 4) is 0 Å². The fourth-order valence-electron chi connectivity index (χ4n) is 1.43. The van der Waals surface area contributed by atoms with Gasteiger partial charge in [0, 0.05) is 13.0 Å². The Morgan fingerprint density at radius 3 is 2.06 bits per heavy atom. The van der Waals surface area contributed by atoms with Crippen LogP contribution in [0.25, 0.3) is 0 Å². The molecule has 0 atom stereocenters. The van der Waals surface area contributed by atoms with Crippen molar-refractivity contribution in [2.45, 2.75) is 40.5 Å². The summed E-state index contributed by atoms with van der Waals surface area (Å²) in [6.45, 7) is 8.39. The third kappa shape index (κ3) is 7.26. The molecular weight excluding hydrogens is 206 g/mol. The van der Waals surface area contributed by atoms with Gasteiger partial charge in [0.15, 0.2) is 0 Å². The Kier molecular flexibility index (Phi) is 6.77. The largest absolute Gasteiger partial charge is 0.480 e. The molecule has 1 amide bonds. The number of aliphatic carboxylic acids is 1. The smallest absolute Gasteiger partial charge is 0.323 e. The number of carboxylic acid groups (broad SMARTS) is 1. The van der Waals surface area contributed by atoms with E-state index in [1.165, 1.54) is 4.90 Å². The van der Waals surface area contributed by atoms with Gasteiger partial charge in [0.25, 0.3) is 0 Å². The fourth-order valence-corrected chi connectivity index (χ4v) is 1.43. The minimum atomic E-state index is -0.946. The first-order valence-corrected chi connectivity index (χ1v) is 5.82. The number of amides is 1. The predicted molar refractivity (Wildman–Crippen MR) is 63.1 cm³/mol. The minimum Gasteiger partial charge on any atom is -0.480 e. The van der Waals surface area contributed by atoms with E-state index in [2.05, 4.69) is 13.8 Å². The van der Waals surface area contributed by atoms with E-state index in [0.29, 0.717) is 24.8 Å². The van der Waals surface area contributed by atoms with Crippen molar-refractivity contribution in [2.24, 2.45) is 11.8 Å². The Balaban J connectivity index is 4.26. The maximum Gasteiger partial charge on any atom is 0.323 e. The lowest BCUT2D eigenvalue weighted by atomic mass is 10.1. The van der Waals surface area contributed by atoms with Crippen LogP contribution in [-0.2, 0) is 9.59 Å². The minimum absolute atomic E-state index is 0.0511. The molecule has 0 rings (SSSR count). The van der Waals surface area contributed by atoms with Crippen molar-refractivity contribution < 1.29 is 14.7 Å². The van der Waals surface area contributed by atoms with Crippen LogP contribution < -0.4 is 0 Å². The first-order valence-electron chi connectivity index (χ1n) is 5.82. The molecule has 0 unspecified atom stereocenters. The molecule has 16 heavy (non-hydrogen) atoms. The summed E-state index contributed by atoms with van der Waals surface area (Å²) in [4.78, 5) is 23.9. The maximum atomic E-state index is 11.8. The average Bonchev–Trinajstić information content (AvgIpc) is 2.11. The van der Waals surface area contributed by atoms with Gasteiger partial charge in [-0.1, -0.05) is 27.7 Å². The molecule has 0 fully saturated rings. The first kappa shape index (κ1) is 14.9. The van der Waals surface area contributed by atoms with E-state index in [-0.39, 0.29) is 12.5 Å². The van der Waals surface area contributed by atoms with Crippen molar-refractivity contribution in [1.29, 1.82) is 0 Å². The third-order valence-electron chi connectivity index (χ3n) is 2.20. The van der Waals surface area contributed by atoms with Crippen molar-refractivity contribution in [3.63, 3.8) is 0 Å². The molecule has 0 aliphatic rings. The zero-order valence-electron chi connectivity index (χ0n) is 10.7. The number of nitrogens with zero attached hydrogens (tertiary/aromatic N) is 1. The molecule has 0 saturated heterocycles. The topological polar surface area (TPSA) is 57.6 Å². The Labute approximate surface area is 97.6 Å². The van der Waals surface area contributed by atoms with Crippen LogP contribution >= 0.6 is 0 Å². The molecule has 0 aliphatic carbocycles. The lowest BCUT2D eigenvalue weighted by Crippen LogP contribution is -2.38. The van der Waals surface area contributed by atoms with Gasteiger partial charge in [-0.25, -0.2) is 0 Å². The van der Waals surface area contributed by atoms with Crippen LogP contribution in [0.15, 0.2) is 0 Å². The van der Waals surface area contributed by atoms with Crippen LogP contribution in [0, 0.1) is 11.8 Å². The van der Waals surface area contributed by atoms with E-state index in [1.54, 1.807) is 0 Å².